The van der Waals surface area contributed by atoms with Gasteiger partial charge in [-0.05, 0) is 42.3 Å². The van der Waals surface area contributed by atoms with Gasteiger partial charge in [-0.2, -0.15) is 0 Å². The lowest BCUT2D eigenvalue weighted by Gasteiger charge is -2.25. The van der Waals surface area contributed by atoms with Crippen LogP contribution in [0.2, 0.25) is 0 Å². The minimum atomic E-state index is -0.722. The molecule has 1 aliphatic heterocycles. The lowest BCUT2D eigenvalue weighted by molar-refractivity contribution is -0.119. The lowest BCUT2D eigenvalue weighted by atomic mass is 9.91. The van der Waals surface area contributed by atoms with E-state index in [-0.39, 0.29) is 17.3 Å². The Morgan fingerprint density at radius 2 is 1.84 bits per heavy atom. The average Bonchev–Trinajstić information content (AvgIpc) is 3.25. The normalized spacial score (nSPS) is 16.6. The smallest absolute Gasteiger partial charge is 0.296 e. The van der Waals surface area contributed by atoms with Gasteiger partial charge in [-0.1, -0.05) is 43.4 Å². The van der Waals surface area contributed by atoms with Crippen LogP contribution in [0.4, 0.5) is 10.8 Å². The van der Waals surface area contributed by atoms with Crippen molar-refractivity contribution in [3.63, 3.8) is 0 Å². The van der Waals surface area contributed by atoms with Gasteiger partial charge >= 0.3 is 0 Å². The molecule has 1 aromatic heterocycles. The van der Waals surface area contributed by atoms with Crippen molar-refractivity contribution >= 4 is 44.1 Å². The number of thiazole rings is 1. The monoisotopic (exact) mass is 435 g/mol. The van der Waals surface area contributed by atoms with Gasteiger partial charge in [-0.25, -0.2) is 4.98 Å². The zero-order valence-corrected chi connectivity index (χ0v) is 19.0. The summed E-state index contributed by atoms with van der Waals surface area (Å²) in [5.41, 5.74) is 3.77. The van der Waals surface area contributed by atoms with E-state index in [9.17, 15) is 14.7 Å². The van der Waals surface area contributed by atoms with E-state index < -0.39 is 17.7 Å². The highest BCUT2D eigenvalue weighted by Gasteiger charge is 2.46. The molecule has 0 spiro atoms. The van der Waals surface area contributed by atoms with Crippen LogP contribution in [0.5, 0.6) is 0 Å². The predicted octanol–water partition coefficient (Wildman–Crippen LogP) is 4.80. The Balaban J connectivity index is 1.87. The van der Waals surface area contributed by atoms with Crippen molar-refractivity contribution in [2.24, 2.45) is 5.92 Å². The summed E-state index contributed by atoms with van der Waals surface area (Å²) in [7, 11) is 3.89. The quantitative estimate of drug-likeness (QED) is 0.623. The van der Waals surface area contributed by atoms with Gasteiger partial charge in [0.1, 0.15) is 0 Å². The molecule has 1 N–H and O–H groups in total. The van der Waals surface area contributed by atoms with Crippen LogP contribution in [0, 0.1) is 12.8 Å². The Morgan fingerprint density at radius 1 is 1.16 bits per heavy atom. The summed E-state index contributed by atoms with van der Waals surface area (Å²) in [5, 5.41) is 11.2. The van der Waals surface area contributed by atoms with E-state index in [2.05, 4.69) is 4.98 Å². The zero-order valence-electron chi connectivity index (χ0n) is 18.2. The molecule has 7 heteroatoms. The molecule has 6 nitrogen and oxygen atoms in total. The molecule has 1 atom stereocenters. The molecule has 0 radical (unpaired) electrons. The van der Waals surface area contributed by atoms with Crippen LogP contribution in [0.15, 0.2) is 53.8 Å². The topological polar surface area (TPSA) is 73.7 Å². The van der Waals surface area contributed by atoms with Crippen LogP contribution in [0.3, 0.4) is 0 Å². The first-order valence-corrected chi connectivity index (χ1v) is 11.0. The molecule has 0 bridgehead atoms. The van der Waals surface area contributed by atoms with Crippen molar-refractivity contribution in [2.75, 3.05) is 23.9 Å². The van der Waals surface area contributed by atoms with Gasteiger partial charge in [-0.3, -0.25) is 14.5 Å². The largest absolute Gasteiger partial charge is 0.503 e. The Morgan fingerprint density at radius 3 is 2.45 bits per heavy atom. The van der Waals surface area contributed by atoms with Gasteiger partial charge in [0.25, 0.3) is 5.91 Å². The molecule has 0 saturated carbocycles. The highest BCUT2D eigenvalue weighted by Crippen LogP contribution is 2.44. The standard InChI is InChI=1S/C24H25N3O3S/c1-13(2)21(28)19-20(15-7-9-16(10-8-15)26(4)5)27(23(30)22(19)29)24-25-17-11-6-14(3)12-18(17)31-24/h6-13,20,29H,1-5H3. The lowest BCUT2D eigenvalue weighted by Crippen LogP contribution is -2.31. The third-order valence-corrected chi connectivity index (χ3v) is 6.48. The number of anilines is 2. The summed E-state index contributed by atoms with van der Waals surface area (Å²) in [6.07, 6.45) is 0. The molecule has 1 amide bonds. The number of hydrogen-bond donors (Lipinski definition) is 1. The number of amides is 1. The molecular weight excluding hydrogens is 410 g/mol. The maximum Gasteiger partial charge on any atom is 0.296 e. The maximum atomic E-state index is 13.2. The Kier molecular flexibility index (Phi) is 5.31. The second-order valence-corrected chi connectivity index (χ2v) is 9.32. The number of hydrogen-bond acceptors (Lipinski definition) is 6. The number of Topliss-reactive ketones (excluding diaryl/α,β-unsaturated/α-hetero) is 1. The summed E-state index contributed by atoms with van der Waals surface area (Å²) in [4.78, 5) is 34.3. The number of rotatable bonds is 5. The Labute approximate surface area is 185 Å². The zero-order chi connectivity index (χ0) is 22.4. The second-order valence-electron chi connectivity index (χ2n) is 8.31. The van der Waals surface area contributed by atoms with Gasteiger partial charge in [0.05, 0.1) is 21.8 Å². The van der Waals surface area contributed by atoms with Gasteiger partial charge in [0.2, 0.25) is 0 Å². The van der Waals surface area contributed by atoms with Crippen molar-refractivity contribution in [2.45, 2.75) is 26.8 Å². The molecule has 31 heavy (non-hydrogen) atoms. The summed E-state index contributed by atoms with van der Waals surface area (Å²) < 4.78 is 0.952. The molecule has 0 saturated heterocycles. The fourth-order valence-corrected chi connectivity index (χ4v) is 4.85. The Hall–Kier alpha value is -3.19. The average molecular weight is 436 g/mol. The van der Waals surface area contributed by atoms with Crippen molar-refractivity contribution in [3.8, 4) is 0 Å². The van der Waals surface area contributed by atoms with Gasteiger partial charge in [0, 0.05) is 25.7 Å². The molecule has 160 valence electrons. The minimum absolute atomic E-state index is 0.132. The van der Waals surface area contributed by atoms with Crippen molar-refractivity contribution in [3.05, 3.63) is 64.9 Å². The number of nitrogens with zero attached hydrogens (tertiary/aromatic N) is 3. The summed E-state index contributed by atoms with van der Waals surface area (Å²) in [6, 6.07) is 12.8. The molecule has 1 unspecified atom stereocenters. The molecule has 3 aromatic rings. The van der Waals surface area contributed by atoms with Crippen LogP contribution in [0.1, 0.15) is 31.0 Å². The highest BCUT2D eigenvalue weighted by molar-refractivity contribution is 7.22. The van der Waals surface area contributed by atoms with E-state index in [1.54, 1.807) is 13.8 Å². The van der Waals surface area contributed by atoms with Gasteiger partial charge in [-0.15, -0.1) is 0 Å². The van der Waals surface area contributed by atoms with Gasteiger partial charge < -0.3 is 10.0 Å². The van der Waals surface area contributed by atoms with Crippen LogP contribution >= 0.6 is 11.3 Å². The molecule has 2 heterocycles. The van der Waals surface area contributed by atoms with E-state index in [4.69, 9.17) is 0 Å². The summed E-state index contributed by atoms with van der Waals surface area (Å²) in [6.45, 7) is 5.53. The predicted molar refractivity (Wildman–Crippen MR) is 125 cm³/mol. The number of fused-ring (bicyclic) bond motifs is 1. The maximum absolute atomic E-state index is 13.2. The number of aliphatic hydroxyl groups excluding tert-OH is 1. The van der Waals surface area contributed by atoms with E-state index in [0.717, 1.165) is 27.0 Å². The number of aryl methyl sites for hydroxylation is 1. The van der Waals surface area contributed by atoms with Crippen LogP contribution in [-0.4, -0.2) is 35.9 Å². The first kappa shape index (κ1) is 21.1. The third-order valence-electron chi connectivity index (χ3n) is 5.46. The summed E-state index contributed by atoms with van der Waals surface area (Å²) in [5.74, 6) is -1.68. The number of carbonyl (C=O) groups is 2. The first-order chi connectivity index (χ1) is 14.7. The van der Waals surface area contributed by atoms with Crippen molar-refractivity contribution in [1.29, 1.82) is 0 Å². The van der Waals surface area contributed by atoms with Crippen LogP contribution in [-0.2, 0) is 9.59 Å². The Bertz CT molecular complexity index is 1210. The number of carbonyl (C=O) groups excluding carboxylic acids is 2. The number of benzene rings is 2. The first-order valence-electron chi connectivity index (χ1n) is 10.1. The molecule has 2 aromatic carbocycles. The molecule has 0 fully saturated rings. The van der Waals surface area contributed by atoms with Crippen LogP contribution < -0.4 is 9.80 Å². The number of ketones is 1. The number of aliphatic hydroxyl groups is 1. The van der Waals surface area contributed by atoms with Crippen LogP contribution in [0.25, 0.3) is 10.2 Å². The van der Waals surface area contributed by atoms with Crippen molar-refractivity contribution in [1.82, 2.24) is 4.98 Å². The summed E-state index contributed by atoms with van der Waals surface area (Å²) >= 11 is 1.38. The molecule has 1 aliphatic rings. The fraction of sp³-hybridized carbons (Fsp3) is 0.292. The van der Waals surface area contributed by atoms with Crippen molar-refractivity contribution < 1.29 is 14.7 Å². The van der Waals surface area contributed by atoms with E-state index >= 15 is 0 Å². The van der Waals surface area contributed by atoms with E-state index in [1.165, 1.54) is 16.2 Å². The minimum Gasteiger partial charge on any atom is -0.503 e. The fourth-order valence-electron chi connectivity index (χ4n) is 3.76. The van der Waals surface area contributed by atoms with E-state index in [0.29, 0.717) is 5.13 Å². The highest BCUT2D eigenvalue weighted by atomic mass is 32.1. The molecule has 0 aliphatic carbocycles. The second kappa shape index (κ2) is 7.81. The molecular formula is C24H25N3O3S. The van der Waals surface area contributed by atoms with Gasteiger partial charge in [0.15, 0.2) is 16.7 Å². The SMILES string of the molecule is Cc1ccc2nc(N3C(=O)C(O)=C(C(=O)C(C)C)C3c3ccc(N(C)C)cc3)sc2c1. The number of aromatic nitrogens is 1. The molecule has 4 rings (SSSR count). The third kappa shape index (κ3) is 3.59. The van der Waals surface area contributed by atoms with E-state index in [1.807, 2.05) is 68.4 Å².